The van der Waals surface area contributed by atoms with Crippen molar-refractivity contribution in [2.24, 2.45) is 16.3 Å². The second-order valence-electron chi connectivity index (χ2n) is 8.32. The lowest BCUT2D eigenvalue weighted by molar-refractivity contribution is -0.146. The first-order chi connectivity index (χ1) is 16.3. The molecule has 10 heteroatoms. The third-order valence-corrected chi connectivity index (χ3v) is 6.27. The van der Waals surface area contributed by atoms with E-state index in [4.69, 9.17) is 26.8 Å². The van der Waals surface area contributed by atoms with E-state index < -0.39 is 23.5 Å². The number of hydrogen-bond donors (Lipinski definition) is 1. The molecule has 0 aliphatic carbocycles. The van der Waals surface area contributed by atoms with E-state index in [1.807, 2.05) is 30.3 Å². The third kappa shape index (κ3) is 4.84. The van der Waals surface area contributed by atoms with Crippen molar-refractivity contribution in [3.8, 4) is 5.75 Å². The fourth-order valence-corrected chi connectivity index (χ4v) is 4.54. The van der Waals surface area contributed by atoms with Crippen molar-refractivity contribution in [2.45, 2.75) is 18.9 Å². The van der Waals surface area contributed by atoms with E-state index in [-0.39, 0.29) is 19.1 Å². The van der Waals surface area contributed by atoms with Crippen LogP contribution >= 0.6 is 11.6 Å². The number of rotatable bonds is 7. The highest BCUT2D eigenvalue weighted by molar-refractivity contribution is 6.30. The molecule has 2 heterocycles. The summed E-state index contributed by atoms with van der Waals surface area (Å²) in [4.78, 5) is 39.7. The molecule has 2 aliphatic rings. The third-order valence-electron chi connectivity index (χ3n) is 6.01. The molecule has 0 saturated carbocycles. The predicted molar refractivity (Wildman–Crippen MR) is 125 cm³/mol. The van der Waals surface area contributed by atoms with E-state index in [0.717, 1.165) is 11.3 Å². The number of fused-ring (bicyclic) bond motifs is 1. The fraction of sp³-hybridized carbons (Fsp3) is 0.333. The van der Waals surface area contributed by atoms with Gasteiger partial charge < -0.3 is 20.1 Å². The Bertz CT molecular complexity index is 1110. The SMILES string of the molecule is CN1N=C2CCN(C(=O)C(COc3ccc(Cl)cc3)OC(N)=O)C[C@@]2(Cc2ccccc2)C1=O. The molecule has 2 aromatic rings. The topological polar surface area (TPSA) is 115 Å². The molecule has 1 fully saturated rings. The number of nitrogens with two attached hydrogens (primary N) is 1. The number of hydrogen-bond acceptors (Lipinski definition) is 6. The minimum Gasteiger partial charge on any atom is -0.489 e. The summed E-state index contributed by atoms with van der Waals surface area (Å²) in [6.07, 6.45) is -1.53. The Morgan fingerprint density at radius 2 is 1.88 bits per heavy atom. The van der Waals surface area contributed by atoms with Gasteiger partial charge in [-0.15, -0.1) is 0 Å². The summed E-state index contributed by atoms with van der Waals surface area (Å²) in [6, 6.07) is 16.2. The van der Waals surface area contributed by atoms with Crippen LogP contribution in [0, 0.1) is 5.41 Å². The lowest BCUT2D eigenvalue weighted by atomic mass is 9.73. The Morgan fingerprint density at radius 1 is 1.18 bits per heavy atom. The van der Waals surface area contributed by atoms with Gasteiger partial charge in [0.1, 0.15) is 17.8 Å². The van der Waals surface area contributed by atoms with Crippen LogP contribution in [0.15, 0.2) is 59.7 Å². The smallest absolute Gasteiger partial charge is 0.405 e. The number of nitrogens with zero attached hydrogens (tertiary/aromatic N) is 3. The molecule has 0 aromatic heterocycles. The quantitative estimate of drug-likeness (QED) is 0.648. The van der Waals surface area contributed by atoms with Crippen LogP contribution in [0.5, 0.6) is 5.75 Å². The van der Waals surface area contributed by atoms with Gasteiger partial charge in [0.2, 0.25) is 6.10 Å². The van der Waals surface area contributed by atoms with Gasteiger partial charge in [-0.05, 0) is 36.2 Å². The molecule has 2 aliphatic heterocycles. The summed E-state index contributed by atoms with van der Waals surface area (Å²) in [5, 5.41) is 6.33. The van der Waals surface area contributed by atoms with E-state index in [9.17, 15) is 14.4 Å². The average molecular weight is 485 g/mol. The fourth-order valence-electron chi connectivity index (χ4n) is 4.42. The number of benzene rings is 2. The zero-order valence-electron chi connectivity index (χ0n) is 18.6. The van der Waals surface area contributed by atoms with E-state index in [1.54, 1.807) is 31.3 Å². The first-order valence-electron chi connectivity index (χ1n) is 10.8. The second kappa shape index (κ2) is 9.72. The van der Waals surface area contributed by atoms with Crippen LogP contribution in [0.3, 0.4) is 0 Å². The van der Waals surface area contributed by atoms with Crippen molar-refractivity contribution >= 4 is 35.2 Å². The van der Waals surface area contributed by atoms with Crippen molar-refractivity contribution in [1.29, 1.82) is 0 Å². The molecule has 34 heavy (non-hydrogen) atoms. The summed E-state index contributed by atoms with van der Waals surface area (Å²) >= 11 is 5.89. The number of carbonyl (C=O) groups is 3. The molecule has 0 spiro atoms. The average Bonchev–Trinajstić information content (AvgIpc) is 3.07. The van der Waals surface area contributed by atoms with E-state index in [2.05, 4.69) is 5.10 Å². The van der Waals surface area contributed by atoms with Gasteiger partial charge in [-0.25, -0.2) is 9.80 Å². The van der Waals surface area contributed by atoms with Gasteiger partial charge in [-0.3, -0.25) is 9.59 Å². The molecule has 2 N–H and O–H groups in total. The van der Waals surface area contributed by atoms with Gasteiger partial charge in [-0.2, -0.15) is 5.10 Å². The van der Waals surface area contributed by atoms with Crippen molar-refractivity contribution in [2.75, 3.05) is 26.7 Å². The van der Waals surface area contributed by atoms with Crippen molar-refractivity contribution in [3.05, 3.63) is 65.2 Å². The van der Waals surface area contributed by atoms with Crippen molar-refractivity contribution < 1.29 is 23.9 Å². The Morgan fingerprint density at radius 3 is 2.56 bits per heavy atom. The minimum absolute atomic E-state index is 0.113. The largest absolute Gasteiger partial charge is 0.489 e. The van der Waals surface area contributed by atoms with Crippen LogP contribution < -0.4 is 10.5 Å². The Balaban J connectivity index is 1.54. The maximum Gasteiger partial charge on any atom is 0.405 e. The van der Waals surface area contributed by atoms with Crippen LogP contribution in [0.25, 0.3) is 0 Å². The zero-order chi connectivity index (χ0) is 24.3. The molecule has 0 bridgehead atoms. The summed E-state index contributed by atoms with van der Waals surface area (Å²) in [6.45, 7) is 0.206. The zero-order valence-corrected chi connectivity index (χ0v) is 19.4. The van der Waals surface area contributed by atoms with Gasteiger partial charge in [0, 0.05) is 31.6 Å². The first kappa shape index (κ1) is 23.6. The molecule has 2 atom stereocenters. The van der Waals surface area contributed by atoms with Gasteiger partial charge >= 0.3 is 6.09 Å². The summed E-state index contributed by atoms with van der Waals surface area (Å²) in [5.41, 5.74) is 5.95. The Kier molecular flexibility index (Phi) is 6.74. The van der Waals surface area contributed by atoms with Gasteiger partial charge in [0.15, 0.2) is 0 Å². The molecule has 9 nitrogen and oxygen atoms in total. The van der Waals surface area contributed by atoms with Gasteiger partial charge in [-0.1, -0.05) is 41.9 Å². The lowest BCUT2D eigenvalue weighted by Gasteiger charge is -2.40. The second-order valence-corrected chi connectivity index (χ2v) is 8.76. The molecular weight excluding hydrogens is 460 g/mol. The number of amides is 3. The normalized spacial score (nSPS) is 20.4. The Hall–Kier alpha value is -3.59. The number of piperidine rings is 1. The maximum atomic E-state index is 13.4. The van der Waals surface area contributed by atoms with E-state index >= 15 is 0 Å². The number of halogens is 1. The van der Waals surface area contributed by atoms with E-state index in [0.29, 0.717) is 30.2 Å². The van der Waals surface area contributed by atoms with Crippen LogP contribution in [0.4, 0.5) is 4.79 Å². The van der Waals surface area contributed by atoms with Gasteiger partial charge in [0.05, 0.1) is 5.71 Å². The molecule has 0 radical (unpaired) electrons. The summed E-state index contributed by atoms with van der Waals surface area (Å²) in [7, 11) is 1.62. The number of likely N-dealkylation sites (tertiary alicyclic amines) is 1. The highest BCUT2D eigenvalue weighted by Crippen LogP contribution is 2.38. The molecule has 1 saturated heterocycles. The maximum absolute atomic E-state index is 13.4. The number of ether oxygens (including phenoxy) is 2. The number of primary amides is 1. The van der Waals surface area contributed by atoms with Crippen LogP contribution in [0.1, 0.15) is 12.0 Å². The summed E-state index contributed by atoms with van der Waals surface area (Å²) in [5.74, 6) is -0.202. The molecular formula is C24H25ClN4O5. The molecule has 4 rings (SSSR count). The molecule has 1 unspecified atom stereocenters. The molecule has 3 amide bonds. The minimum atomic E-state index is -1.27. The number of hydrazone groups is 1. The highest BCUT2D eigenvalue weighted by Gasteiger charge is 2.54. The highest BCUT2D eigenvalue weighted by atomic mass is 35.5. The molecule has 2 aromatic carbocycles. The predicted octanol–water partition coefficient (Wildman–Crippen LogP) is 2.47. The van der Waals surface area contributed by atoms with Gasteiger partial charge in [0.25, 0.3) is 11.8 Å². The summed E-state index contributed by atoms with van der Waals surface area (Å²) < 4.78 is 10.7. The van der Waals surface area contributed by atoms with Crippen molar-refractivity contribution in [1.82, 2.24) is 9.91 Å². The van der Waals surface area contributed by atoms with Crippen LogP contribution in [0.2, 0.25) is 5.02 Å². The van der Waals surface area contributed by atoms with Crippen LogP contribution in [-0.2, 0) is 20.7 Å². The number of carbonyl (C=O) groups excluding carboxylic acids is 3. The Labute approximate surface area is 202 Å². The monoisotopic (exact) mass is 484 g/mol. The van der Waals surface area contributed by atoms with E-state index in [1.165, 1.54) is 9.91 Å². The van der Waals surface area contributed by atoms with Crippen LogP contribution in [-0.4, -0.2) is 66.4 Å². The standard InChI is InChI=1S/C24H25ClN4O5/c1-28-22(31)24(13-16-5-3-2-4-6-16)15-29(12-11-20(24)27-28)21(30)19(34-23(26)32)14-33-18-9-7-17(25)8-10-18/h2-10,19H,11-15H2,1H3,(H2,26,32)/t19?,24-/m1/s1. The van der Waals surface area contributed by atoms with Crippen molar-refractivity contribution in [3.63, 3.8) is 0 Å². The molecule has 178 valence electrons. The first-order valence-corrected chi connectivity index (χ1v) is 11.2. The lowest BCUT2D eigenvalue weighted by Crippen LogP contribution is -2.58.